The number of nitrogens with one attached hydrogen (secondary N) is 1. The maximum absolute atomic E-state index is 12.3. The Morgan fingerprint density at radius 1 is 1.26 bits per heavy atom. The van der Waals surface area contributed by atoms with Crippen molar-refractivity contribution in [3.63, 3.8) is 0 Å². The average molecular weight is 266 g/mol. The van der Waals surface area contributed by atoms with Gasteiger partial charge in [-0.2, -0.15) is 0 Å². The zero-order valence-corrected chi connectivity index (χ0v) is 11.6. The summed E-state index contributed by atoms with van der Waals surface area (Å²) in [6.45, 7) is 1.39. The van der Waals surface area contributed by atoms with E-state index >= 15 is 0 Å². The zero-order chi connectivity index (χ0) is 14.4. The summed E-state index contributed by atoms with van der Waals surface area (Å²) in [7, 11) is 3.65. The Hall–Kier alpha value is -1.43. The van der Waals surface area contributed by atoms with Crippen molar-refractivity contribution in [2.45, 2.75) is 19.0 Å². The van der Waals surface area contributed by atoms with E-state index in [1.165, 1.54) is 0 Å². The Morgan fingerprint density at radius 2 is 1.84 bits per heavy atom. The second-order valence-electron chi connectivity index (χ2n) is 4.79. The quantitative estimate of drug-likeness (QED) is 0.681. The standard InChI is InChI=1S/C14H22N2O3/c1-10-6-4-5-7-12(10)13(16(2)3)14(19)15-11(8-17)9-18/h4-7,11,13,17-18H,8-9H2,1-3H3,(H,15,19)/t13-/m0/s1. The molecule has 19 heavy (non-hydrogen) atoms. The summed E-state index contributed by atoms with van der Waals surface area (Å²) < 4.78 is 0. The van der Waals surface area contributed by atoms with Crippen molar-refractivity contribution in [3.05, 3.63) is 35.4 Å². The smallest absolute Gasteiger partial charge is 0.242 e. The van der Waals surface area contributed by atoms with Gasteiger partial charge in [0.1, 0.15) is 6.04 Å². The molecule has 0 aliphatic carbocycles. The molecule has 0 aromatic heterocycles. The highest BCUT2D eigenvalue weighted by molar-refractivity contribution is 5.83. The molecular weight excluding hydrogens is 244 g/mol. The number of hydrogen-bond donors (Lipinski definition) is 3. The molecule has 1 amide bonds. The van der Waals surface area contributed by atoms with E-state index in [1.807, 2.05) is 50.2 Å². The van der Waals surface area contributed by atoms with Gasteiger partial charge in [0.25, 0.3) is 0 Å². The van der Waals surface area contributed by atoms with Gasteiger partial charge in [-0.15, -0.1) is 0 Å². The third-order valence-corrected chi connectivity index (χ3v) is 3.03. The summed E-state index contributed by atoms with van der Waals surface area (Å²) in [6, 6.07) is 6.61. The lowest BCUT2D eigenvalue weighted by molar-refractivity contribution is -0.127. The van der Waals surface area contributed by atoms with E-state index in [0.29, 0.717) is 0 Å². The number of aliphatic hydroxyl groups is 2. The highest BCUT2D eigenvalue weighted by Crippen LogP contribution is 2.22. The summed E-state index contributed by atoms with van der Waals surface area (Å²) >= 11 is 0. The van der Waals surface area contributed by atoms with Crippen LogP contribution in [0.4, 0.5) is 0 Å². The molecule has 1 aromatic rings. The highest BCUT2D eigenvalue weighted by Gasteiger charge is 2.25. The van der Waals surface area contributed by atoms with Gasteiger partial charge in [0.05, 0.1) is 19.3 Å². The Bertz CT molecular complexity index is 417. The molecule has 0 aliphatic heterocycles. The van der Waals surface area contributed by atoms with Crippen LogP contribution in [0.25, 0.3) is 0 Å². The number of carbonyl (C=O) groups is 1. The molecule has 0 unspecified atom stereocenters. The third kappa shape index (κ3) is 4.02. The first kappa shape index (κ1) is 15.6. The zero-order valence-electron chi connectivity index (χ0n) is 11.6. The molecule has 1 aromatic carbocycles. The van der Waals surface area contributed by atoms with Crippen molar-refractivity contribution in [1.29, 1.82) is 0 Å². The molecule has 1 rings (SSSR count). The van der Waals surface area contributed by atoms with Gasteiger partial charge in [-0.1, -0.05) is 24.3 Å². The first-order valence-corrected chi connectivity index (χ1v) is 6.25. The van der Waals surface area contributed by atoms with Crippen LogP contribution >= 0.6 is 0 Å². The van der Waals surface area contributed by atoms with Gasteiger partial charge in [0.15, 0.2) is 0 Å². The SMILES string of the molecule is Cc1ccccc1[C@@H](C(=O)NC(CO)CO)N(C)C. The second kappa shape index (κ2) is 7.23. The normalized spacial score (nSPS) is 12.8. The molecule has 5 nitrogen and oxygen atoms in total. The third-order valence-electron chi connectivity index (χ3n) is 3.03. The number of nitrogens with zero attached hydrogens (tertiary/aromatic N) is 1. The summed E-state index contributed by atoms with van der Waals surface area (Å²) in [4.78, 5) is 14.1. The molecule has 0 saturated heterocycles. The van der Waals surface area contributed by atoms with Gasteiger partial charge in [0.2, 0.25) is 5.91 Å². The predicted octanol–water partition coefficient (Wildman–Crippen LogP) is 0.0671. The van der Waals surface area contributed by atoms with Crippen molar-refractivity contribution >= 4 is 5.91 Å². The number of amides is 1. The Kier molecular flexibility index (Phi) is 5.95. The molecular formula is C14H22N2O3. The molecule has 106 valence electrons. The van der Waals surface area contributed by atoms with E-state index in [0.717, 1.165) is 11.1 Å². The van der Waals surface area contributed by atoms with Crippen LogP contribution in [0.5, 0.6) is 0 Å². The van der Waals surface area contributed by atoms with Gasteiger partial charge < -0.3 is 15.5 Å². The van der Waals surface area contributed by atoms with Crippen molar-refractivity contribution in [1.82, 2.24) is 10.2 Å². The fraction of sp³-hybridized carbons (Fsp3) is 0.500. The van der Waals surface area contributed by atoms with Crippen LogP contribution in [-0.2, 0) is 4.79 Å². The van der Waals surface area contributed by atoms with Crippen LogP contribution in [0.1, 0.15) is 17.2 Å². The number of likely N-dealkylation sites (N-methyl/N-ethyl adjacent to an activating group) is 1. The molecule has 0 bridgehead atoms. The van der Waals surface area contributed by atoms with Crippen LogP contribution in [0.2, 0.25) is 0 Å². The minimum absolute atomic E-state index is 0.229. The molecule has 0 fully saturated rings. The summed E-state index contributed by atoms with van der Waals surface area (Å²) in [5, 5.41) is 20.7. The fourth-order valence-electron chi connectivity index (χ4n) is 1.98. The van der Waals surface area contributed by atoms with Gasteiger partial charge >= 0.3 is 0 Å². The topological polar surface area (TPSA) is 72.8 Å². The summed E-state index contributed by atoms with van der Waals surface area (Å²) in [6.07, 6.45) is 0. The molecule has 3 N–H and O–H groups in total. The van der Waals surface area contributed by atoms with E-state index in [2.05, 4.69) is 5.32 Å². The van der Waals surface area contributed by atoms with Gasteiger partial charge in [0, 0.05) is 0 Å². The largest absolute Gasteiger partial charge is 0.394 e. The predicted molar refractivity (Wildman–Crippen MR) is 73.7 cm³/mol. The van der Waals surface area contributed by atoms with E-state index in [4.69, 9.17) is 10.2 Å². The molecule has 0 heterocycles. The monoisotopic (exact) mass is 266 g/mol. The maximum Gasteiger partial charge on any atom is 0.242 e. The van der Waals surface area contributed by atoms with Crippen LogP contribution in [-0.4, -0.2) is 54.4 Å². The lowest BCUT2D eigenvalue weighted by Crippen LogP contribution is -2.45. The lowest BCUT2D eigenvalue weighted by Gasteiger charge is -2.27. The van der Waals surface area contributed by atoms with Gasteiger partial charge in [-0.3, -0.25) is 9.69 Å². The van der Waals surface area contributed by atoms with Crippen molar-refractivity contribution < 1.29 is 15.0 Å². The van der Waals surface area contributed by atoms with E-state index in [-0.39, 0.29) is 19.1 Å². The Balaban J connectivity index is 2.96. The van der Waals surface area contributed by atoms with Crippen LogP contribution in [0.15, 0.2) is 24.3 Å². The minimum Gasteiger partial charge on any atom is -0.394 e. The van der Waals surface area contributed by atoms with Crippen molar-refractivity contribution in [2.75, 3.05) is 27.3 Å². The molecule has 1 atom stereocenters. The first-order chi connectivity index (χ1) is 9.01. The highest BCUT2D eigenvalue weighted by atomic mass is 16.3. The Morgan fingerprint density at radius 3 is 2.32 bits per heavy atom. The van der Waals surface area contributed by atoms with Crippen LogP contribution < -0.4 is 5.32 Å². The number of carbonyl (C=O) groups excluding carboxylic acids is 1. The van der Waals surface area contributed by atoms with Crippen LogP contribution in [0.3, 0.4) is 0 Å². The van der Waals surface area contributed by atoms with Crippen molar-refractivity contribution in [3.8, 4) is 0 Å². The van der Waals surface area contributed by atoms with E-state index in [9.17, 15) is 4.79 Å². The number of aryl methyl sites for hydroxylation is 1. The first-order valence-electron chi connectivity index (χ1n) is 6.25. The van der Waals surface area contributed by atoms with E-state index < -0.39 is 12.1 Å². The molecule has 0 aliphatic rings. The number of aliphatic hydroxyl groups excluding tert-OH is 2. The maximum atomic E-state index is 12.3. The van der Waals surface area contributed by atoms with Crippen LogP contribution in [0, 0.1) is 6.92 Å². The summed E-state index contributed by atoms with van der Waals surface area (Å²) in [5.74, 6) is -0.229. The molecule has 0 radical (unpaired) electrons. The molecule has 0 spiro atoms. The van der Waals surface area contributed by atoms with Gasteiger partial charge in [-0.25, -0.2) is 0 Å². The number of benzene rings is 1. The molecule has 0 saturated carbocycles. The number of hydrogen-bond acceptors (Lipinski definition) is 4. The summed E-state index contributed by atoms with van der Waals surface area (Å²) in [5.41, 5.74) is 1.94. The fourth-order valence-corrected chi connectivity index (χ4v) is 1.98. The lowest BCUT2D eigenvalue weighted by atomic mass is 9.99. The minimum atomic E-state index is -0.626. The molecule has 5 heteroatoms. The van der Waals surface area contributed by atoms with Gasteiger partial charge in [-0.05, 0) is 32.1 Å². The average Bonchev–Trinajstić information content (AvgIpc) is 2.38. The Labute approximate surface area is 113 Å². The van der Waals surface area contributed by atoms with Crippen molar-refractivity contribution in [2.24, 2.45) is 0 Å². The van der Waals surface area contributed by atoms with E-state index in [1.54, 1.807) is 0 Å². The number of rotatable bonds is 6. The second-order valence-corrected chi connectivity index (χ2v) is 4.79.